The minimum Gasteiger partial charge on any atom is -0.481 e. The Morgan fingerprint density at radius 3 is 2.67 bits per heavy atom. The number of hydrogen-bond acceptors (Lipinski definition) is 3. The quantitative estimate of drug-likeness (QED) is 0.770. The highest BCUT2D eigenvalue weighted by molar-refractivity contribution is 5.73. The first-order valence-electron chi connectivity index (χ1n) is 4.61. The Labute approximate surface area is 87.2 Å². The van der Waals surface area contributed by atoms with Gasteiger partial charge in [-0.1, -0.05) is 0 Å². The topological polar surface area (TPSA) is 83.0 Å². The van der Waals surface area contributed by atoms with E-state index in [0.29, 0.717) is 11.5 Å². The van der Waals surface area contributed by atoms with Crippen LogP contribution in [0.4, 0.5) is 0 Å². The van der Waals surface area contributed by atoms with Crippen LogP contribution in [0.1, 0.15) is 25.4 Å². The molecule has 0 atom stereocenters. The van der Waals surface area contributed by atoms with E-state index in [1.807, 2.05) is 0 Å². The lowest BCUT2D eigenvalue weighted by molar-refractivity contribution is -0.146. The lowest BCUT2D eigenvalue weighted by Crippen LogP contribution is -2.27. The Hall–Kier alpha value is -1.65. The smallest absolute Gasteiger partial charge is 0.309 e. The van der Waals surface area contributed by atoms with Crippen molar-refractivity contribution in [3.05, 3.63) is 27.9 Å². The molecule has 0 amide bonds. The van der Waals surface area contributed by atoms with Gasteiger partial charge in [-0.2, -0.15) is 0 Å². The molecule has 0 radical (unpaired) electrons. The lowest BCUT2D eigenvalue weighted by atomic mass is 9.88. The molecule has 5 nitrogen and oxygen atoms in total. The van der Waals surface area contributed by atoms with E-state index in [1.165, 1.54) is 6.07 Å². The van der Waals surface area contributed by atoms with Crippen molar-refractivity contribution in [2.75, 3.05) is 0 Å². The molecule has 0 aliphatic carbocycles. The minimum atomic E-state index is -0.909. The van der Waals surface area contributed by atoms with Crippen LogP contribution >= 0.6 is 0 Å². The molecule has 0 spiro atoms. The van der Waals surface area contributed by atoms with Crippen LogP contribution in [0.15, 0.2) is 10.9 Å². The normalized spacial score (nSPS) is 11.4. The molecule has 0 fully saturated rings. The average molecular weight is 210 g/mol. The number of H-pyrrole nitrogens is 1. The maximum Gasteiger partial charge on any atom is 0.309 e. The fourth-order valence-electron chi connectivity index (χ4n) is 1.26. The predicted octanol–water partition coefficient (Wildman–Crippen LogP) is 0.732. The molecule has 1 rings (SSSR count). The van der Waals surface area contributed by atoms with Gasteiger partial charge in [-0.05, 0) is 20.8 Å². The molecule has 1 aromatic rings. The first-order chi connectivity index (χ1) is 6.81. The van der Waals surface area contributed by atoms with E-state index in [-0.39, 0.29) is 12.0 Å². The Morgan fingerprint density at radius 2 is 2.20 bits per heavy atom. The second-order valence-corrected chi connectivity index (χ2v) is 4.19. The molecular weight excluding hydrogens is 196 g/mol. The van der Waals surface area contributed by atoms with E-state index in [9.17, 15) is 9.59 Å². The molecule has 0 aliphatic heterocycles. The number of carbonyl (C=O) groups is 1. The lowest BCUT2D eigenvalue weighted by Gasteiger charge is -2.18. The van der Waals surface area contributed by atoms with Crippen molar-refractivity contribution < 1.29 is 9.90 Å². The van der Waals surface area contributed by atoms with Crippen molar-refractivity contribution in [2.24, 2.45) is 5.41 Å². The van der Waals surface area contributed by atoms with E-state index in [1.54, 1.807) is 20.8 Å². The van der Waals surface area contributed by atoms with Crippen molar-refractivity contribution in [2.45, 2.75) is 27.2 Å². The maximum atomic E-state index is 11.1. The molecule has 0 unspecified atom stereocenters. The van der Waals surface area contributed by atoms with Gasteiger partial charge in [-0.25, -0.2) is 4.98 Å². The Kier molecular flexibility index (Phi) is 2.93. The number of aryl methyl sites for hydroxylation is 1. The highest BCUT2D eigenvalue weighted by atomic mass is 16.4. The molecule has 82 valence electrons. The Morgan fingerprint density at radius 1 is 1.60 bits per heavy atom. The van der Waals surface area contributed by atoms with Crippen LogP contribution in [-0.4, -0.2) is 21.0 Å². The third-order valence-electron chi connectivity index (χ3n) is 2.12. The number of rotatable bonds is 3. The van der Waals surface area contributed by atoms with Crippen molar-refractivity contribution in [3.63, 3.8) is 0 Å². The molecule has 2 N–H and O–H groups in total. The summed E-state index contributed by atoms with van der Waals surface area (Å²) in [6.45, 7) is 4.87. The van der Waals surface area contributed by atoms with Crippen molar-refractivity contribution in [1.29, 1.82) is 0 Å². The number of nitrogens with one attached hydrogen (secondary N) is 1. The van der Waals surface area contributed by atoms with Crippen LogP contribution in [-0.2, 0) is 11.2 Å². The van der Waals surface area contributed by atoms with E-state index < -0.39 is 11.4 Å². The summed E-state index contributed by atoms with van der Waals surface area (Å²) in [7, 11) is 0. The average Bonchev–Trinajstić information content (AvgIpc) is 1.99. The standard InChI is InChI=1S/C10H14N2O3/c1-6-11-7(4-8(13)12-6)5-10(2,3)9(14)15/h4H,5H2,1-3H3,(H,14,15)(H,11,12,13). The third kappa shape index (κ3) is 2.90. The molecule has 5 heteroatoms. The van der Waals surface area contributed by atoms with E-state index in [0.717, 1.165) is 0 Å². The largest absolute Gasteiger partial charge is 0.481 e. The minimum absolute atomic E-state index is 0.243. The summed E-state index contributed by atoms with van der Waals surface area (Å²) in [5.41, 5.74) is -0.657. The van der Waals surface area contributed by atoms with Crippen molar-refractivity contribution in [1.82, 2.24) is 9.97 Å². The summed E-state index contributed by atoms with van der Waals surface area (Å²) in [6, 6.07) is 1.33. The van der Waals surface area contributed by atoms with E-state index in [2.05, 4.69) is 9.97 Å². The van der Waals surface area contributed by atoms with Gasteiger partial charge < -0.3 is 10.1 Å². The molecule has 0 aromatic carbocycles. The summed E-state index contributed by atoms with van der Waals surface area (Å²) in [4.78, 5) is 28.6. The molecule has 0 bridgehead atoms. The second-order valence-electron chi connectivity index (χ2n) is 4.19. The molecule has 0 saturated carbocycles. The first-order valence-corrected chi connectivity index (χ1v) is 4.61. The summed E-state index contributed by atoms with van der Waals surface area (Å²) in [5.74, 6) is -0.402. The summed E-state index contributed by atoms with van der Waals surface area (Å²) in [5, 5.41) is 8.93. The van der Waals surface area contributed by atoms with Crippen molar-refractivity contribution >= 4 is 5.97 Å². The third-order valence-corrected chi connectivity index (χ3v) is 2.12. The fraction of sp³-hybridized carbons (Fsp3) is 0.500. The summed E-state index contributed by atoms with van der Waals surface area (Å²) in [6.07, 6.45) is 0.243. The predicted molar refractivity (Wildman–Crippen MR) is 54.7 cm³/mol. The van der Waals surface area contributed by atoms with Crippen LogP contribution in [0.2, 0.25) is 0 Å². The zero-order valence-electron chi connectivity index (χ0n) is 9.00. The number of nitrogens with zero attached hydrogens (tertiary/aromatic N) is 1. The van der Waals surface area contributed by atoms with Gasteiger partial charge in [0.2, 0.25) is 0 Å². The van der Waals surface area contributed by atoms with Crippen LogP contribution < -0.4 is 5.56 Å². The SMILES string of the molecule is Cc1nc(CC(C)(C)C(=O)O)cc(=O)[nH]1. The zero-order chi connectivity index (χ0) is 11.6. The molecule has 0 saturated heterocycles. The van der Waals surface area contributed by atoms with Gasteiger partial charge in [0.1, 0.15) is 5.82 Å². The van der Waals surface area contributed by atoms with Crippen molar-refractivity contribution in [3.8, 4) is 0 Å². The number of aliphatic carboxylic acids is 1. The number of hydrogen-bond donors (Lipinski definition) is 2. The first kappa shape index (κ1) is 11.4. The molecule has 15 heavy (non-hydrogen) atoms. The van der Waals surface area contributed by atoms with Gasteiger partial charge in [0.25, 0.3) is 5.56 Å². The molecular formula is C10H14N2O3. The van der Waals surface area contributed by atoms with Gasteiger partial charge in [0, 0.05) is 18.2 Å². The van der Waals surface area contributed by atoms with E-state index >= 15 is 0 Å². The monoisotopic (exact) mass is 210 g/mol. The summed E-state index contributed by atoms with van der Waals surface area (Å²) < 4.78 is 0. The Balaban J connectivity index is 2.99. The Bertz CT molecular complexity index is 435. The molecule has 1 heterocycles. The number of aromatic amines is 1. The second kappa shape index (κ2) is 3.84. The molecule has 1 aromatic heterocycles. The zero-order valence-corrected chi connectivity index (χ0v) is 9.00. The maximum absolute atomic E-state index is 11.1. The van der Waals surface area contributed by atoms with Crippen LogP contribution in [0, 0.1) is 12.3 Å². The van der Waals surface area contributed by atoms with Crippen LogP contribution in [0.3, 0.4) is 0 Å². The van der Waals surface area contributed by atoms with Gasteiger partial charge >= 0.3 is 5.97 Å². The van der Waals surface area contributed by atoms with Gasteiger partial charge in [-0.3, -0.25) is 9.59 Å². The van der Waals surface area contributed by atoms with Crippen LogP contribution in [0.25, 0.3) is 0 Å². The van der Waals surface area contributed by atoms with E-state index in [4.69, 9.17) is 5.11 Å². The fourth-order valence-corrected chi connectivity index (χ4v) is 1.26. The number of carboxylic acid groups (broad SMARTS) is 1. The number of aromatic nitrogens is 2. The summed E-state index contributed by atoms with van der Waals surface area (Å²) >= 11 is 0. The number of carboxylic acids is 1. The molecule has 0 aliphatic rings. The highest BCUT2D eigenvalue weighted by Gasteiger charge is 2.28. The van der Waals surface area contributed by atoms with Gasteiger partial charge in [0.05, 0.1) is 5.41 Å². The van der Waals surface area contributed by atoms with Crippen LogP contribution in [0.5, 0.6) is 0 Å². The van der Waals surface area contributed by atoms with Gasteiger partial charge in [-0.15, -0.1) is 0 Å². The van der Waals surface area contributed by atoms with Gasteiger partial charge in [0.15, 0.2) is 0 Å². The highest BCUT2D eigenvalue weighted by Crippen LogP contribution is 2.20.